The molecule has 12 heavy (non-hydrogen) atoms. The topological polar surface area (TPSA) is 55.8 Å². The van der Waals surface area contributed by atoms with Crippen LogP contribution in [0.3, 0.4) is 0 Å². The first-order chi connectivity index (χ1) is 5.35. The number of carbonyl (C=O) groups excluding carboxylic acids is 1. The highest BCUT2D eigenvalue weighted by atomic mass is 17.1. The van der Waals surface area contributed by atoms with Gasteiger partial charge in [-0.3, -0.25) is 10.1 Å². The van der Waals surface area contributed by atoms with E-state index >= 15 is 0 Å². The molecule has 0 amide bonds. The smallest absolute Gasteiger partial charge is 0.309 e. The van der Waals surface area contributed by atoms with Gasteiger partial charge in [-0.2, -0.15) is 0 Å². The molecule has 0 fully saturated rings. The van der Waals surface area contributed by atoms with Crippen molar-refractivity contribution in [2.75, 3.05) is 0 Å². The van der Waals surface area contributed by atoms with Gasteiger partial charge in [0, 0.05) is 0 Å². The maximum absolute atomic E-state index is 11.0. The SMILES string of the molecule is CC(CC(=O)OC(C)(C)C)OO. The third-order valence-corrected chi connectivity index (χ3v) is 1.05. The maximum atomic E-state index is 11.0. The van der Waals surface area contributed by atoms with Crippen molar-refractivity contribution in [3.05, 3.63) is 0 Å². The van der Waals surface area contributed by atoms with Gasteiger partial charge >= 0.3 is 5.97 Å². The van der Waals surface area contributed by atoms with E-state index in [0.29, 0.717) is 0 Å². The normalized spacial score (nSPS) is 14.1. The summed E-state index contributed by atoms with van der Waals surface area (Å²) >= 11 is 0. The predicted molar refractivity (Wildman–Crippen MR) is 43.6 cm³/mol. The molecule has 1 unspecified atom stereocenters. The van der Waals surface area contributed by atoms with Crippen molar-refractivity contribution in [1.29, 1.82) is 0 Å². The van der Waals surface area contributed by atoms with Crippen LogP contribution in [0.15, 0.2) is 0 Å². The number of hydrogen-bond acceptors (Lipinski definition) is 4. The minimum Gasteiger partial charge on any atom is -0.460 e. The molecule has 0 spiro atoms. The van der Waals surface area contributed by atoms with Gasteiger partial charge in [0.25, 0.3) is 0 Å². The second kappa shape index (κ2) is 4.42. The summed E-state index contributed by atoms with van der Waals surface area (Å²) in [5.41, 5.74) is -0.480. The lowest BCUT2D eigenvalue weighted by atomic mass is 10.2. The highest BCUT2D eigenvalue weighted by molar-refractivity contribution is 5.70. The van der Waals surface area contributed by atoms with Crippen LogP contribution in [-0.2, 0) is 14.4 Å². The molecule has 0 rings (SSSR count). The van der Waals surface area contributed by atoms with Gasteiger partial charge in [-0.1, -0.05) is 0 Å². The molecule has 4 heteroatoms. The average Bonchev–Trinajstić information content (AvgIpc) is 1.82. The molecule has 72 valence electrons. The average molecular weight is 176 g/mol. The van der Waals surface area contributed by atoms with Crippen LogP contribution in [0, 0.1) is 0 Å². The number of carbonyl (C=O) groups is 1. The largest absolute Gasteiger partial charge is 0.460 e. The molecule has 0 aromatic rings. The van der Waals surface area contributed by atoms with E-state index in [9.17, 15) is 4.79 Å². The standard InChI is InChI=1S/C8H16O4/c1-6(12-10)5-7(9)11-8(2,3)4/h6,10H,5H2,1-4H3. The van der Waals surface area contributed by atoms with Crippen LogP contribution < -0.4 is 0 Å². The molecular formula is C8H16O4. The molecule has 0 bridgehead atoms. The van der Waals surface area contributed by atoms with Gasteiger partial charge in [-0.25, -0.2) is 4.89 Å². The van der Waals surface area contributed by atoms with Crippen LogP contribution in [0.25, 0.3) is 0 Å². The van der Waals surface area contributed by atoms with Crippen molar-refractivity contribution < 1.29 is 19.7 Å². The lowest BCUT2D eigenvalue weighted by Crippen LogP contribution is -2.26. The van der Waals surface area contributed by atoms with E-state index in [1.165, 1.54) is 0 Å². The Labute approximate surface area is 72.4 Å². The van der Waals surface area contributed by atoms with Crippen molar-refractivity contribution in [3.8, 4) is 0 Å². The van der Waals surface area contributed by atoms with Gasteiger partial charge in [-0.15, -0.1) is 0 Å². The Balaban J connectivity index is 3.75. The maximum Gasteiger partial charge on any atom is 0.309 e. The van der Waals surface area contributed by atoms with Crippen LogP contribution in [0.2, 0.25) is 0 Å². The molecule has 0 aliphatic carbocycles. The highest BCUT2D eigenvalue weighted by Gasteiger charge is 2.18. The van der Waals surface area contributed by atoms with Crippen LogP contribution in [0.5, 0.6) is 0 Å². The Bertz CT molecular complexity index is 148. The van der Waals surface area contributed by atoms with E-state index in [0.717, 1.165) is 0 Å². The Hall–Kier alpha value is -0.610. The lowest BCUT2D eigenvalue weighted by Gasteiger charge is -2.20. The van der Waals surface area contributed by atoms with E-state index in [2.05, 4.69) is 4.89 Å². The van der Waals surface area contributed by atoms with Crippen LogP contribution in [-0.4, -0.2) is 22.9 Å². The Morgan fingerprint density at radius 3 is 2.33 bits per heavy atom. The summed E-state index contributed by atoms with van der Waals surface area (Å²) in [7, 11) is 0. The van der Waals surface area contributed by atoms with Gasteiger partial charge in [0.1, 0.15) is 11.7 Å². The molecule has 0 aliphatic rings. The third-order valence-electron chi connectivity index (χ3n) is 1.05. The fourth-order valence-corrected chi connectivity index (χ4v) is 0.655. The molecule has 0 aromatic carbocycles. The van der Waals surface area contributed by atoms with Crippen molar-refractivity contribution in [2.24, 2.45) is 0 Å². The number of ether oxygens (including phenoxy) is 1. The van der Waals surface area contributed by atoms with Crippen LogP contribution >= 0.6 is 0 Å². The predicted octanol–water partition coefficient (Wildman–Crippen LogP) is 1.60. The Kier molecular flexibility index (Phi) is 4.20. The zero-order chi connectivity index (χ0) is 9.78. The lowest BCUT2D eigenvalue weighted by molar-refractivity contribution is -0.275. The van der Waals surface area contributed by atoms with Gasteiger partial charge in [0.2, 0.25) is 0 Å². The first-order valence-corrected chi connectivity index (χ1v) is 3.87. The zero-order valence-electron chi connectivity index (χ0n) is 7.96. The molecule has 1 N–H and O–H groups in total. The summed E-state index contributed by atoms with van der Waals surface area (Å²) in [4.78, 5) is 14.9. The summed E-state index contributed by atoms with van der Waals surface area (Å²) in [6.07, 6.45) is -0.451. The summed E-state index contributed by atoms with van der Waals surface area (Å²) in [5.74, 6) is -0.371. The van der Waals surface area contributed by atoms with E-state index in [-0.39, 0.29) is 12.4 Å². The summed E-state index contributed by atoms with van der Waals surface area (Å²) in [5, 5.41) is 8.17. The van der Waals surface area contributed by atoms with Crippen molar-refractivity contribution in [3.63, 3.8) is 0 Å². The van der Waals surface area contributed by atoms with Gasteiger partial charge in [0.15, 0.2) is 0 Å². The minimum atomic E-state index is -0.514. The Morgan fingerprint density at radius 2 is 2.00 bits per heavy atom. The number of esters is 1. The molecule has 0 aliphatic heterocycles. The molecule has 0 saturated carbocycles. The third kappa shape index (κ3) is 6.12. The molecule has 0 radical (unpaired) electrons. The van der Waals surface area contributed by atoms with Gasteiger partial charge in [0.05, 0.1) is 6.42 Å². The Morgan fingerprint density at radius 1 is 1.50 bits per heavy atom. The van der Waals surface area contributed by atoms with Crippen molar-refractivity contribution in [1.82, 2.24) is 0 Å². The van der Waals surface area contributed by atoms with E-state index in [1.54, 1.807) is 27.7 Å². The van der Waals surface area contributed by atoms with E-state index in [4.69, 9.17) is 9.99 Å². The number of hydrogen-bond donors (Lipinski definition) is 1. The number of rotatable bonds is 3. The molecule has 1 atom stereocenters. The summed E-state index contributed by atoms with van der Waals surface area (Å²) < 4.78 is 4.98. The first-order valence-electron chi connectivity index (χ1n) is 3.87. The highest BCUT2D eigenvalue weighted by Crippen LogP contribution is 2.09. The molecule has 0 aromatic heterocycles. The fraction of sp³-hybridized carbons (Fsp3) is 0.875. The monoisotopic (exact) mass is 176 g/mol. The van der Waals surface area contributed by atoms with Crippen molar-refractivity contribution >= 4 is 5.97 Å². The van der Waals surface area contributed by atoms with Gasteiger partial charge in [-0.05, 0) is 27.7 Å². The molecular weight excluding hydrogens is 160 g/mol. The first kappa shape index (κ1) is 11.4. The van der Waals surface area contributed by atoms with E-state index < -0.39 is 11.7 Å². The summed E-state index contributed by atoms with van der Waals surface area (Å²) in [6.45, 7) is 6.95. The molecule has 0 saturated heterocycles. The second-order valence-electron chi connectivity index (χ2n) is 3.71. The zero-order valence-corrected chi connectivity index (χ0v) is 7.96. The van der Waals surface area contributed by atoms with E-state index in [1.807, 2.05) is 0 Å². The van der Waals surface area contributed by atoms with Crippen LogP contribution in [0.1, 0.15) is 34.1 Å². The molecule has 4 nitrogen and oxygen atoms in total. The van der Waals surface area contributed by atoms with Crippen LogP contribution in [0.4, 0.5) is 0 Å². The second-order valence-corrected chi connectivity index (χ2v) is 3.71. The summed E-state index contributed by atoms with van der Waals surface area (Å²) in [6, 6.07) is 0. The molecule has 0 heterocycles. The van der Waals surface area contributed by atoms with Crippen molar-refractivity contribution in [2.45, 2.75) is 45.8 Å². The quantitative estimate of drug-likeness (QED) is 0.403. The minimum absolute atomic E-state index is 0.0633. The van der Waals surface area contributed by atoms with Gasteiger partial charge < -0.3 is 4.74 Å². The fourth-order valence-electron chi connectivity index (χ4n) is 0.655.